The Balaban J connectivity index is 1.63. The summed E-state index contributed by atoms with van der Waals surface area (Å²) < 4.78 is 27.9. The summed E-state index contributed by atoms with van der Waals surface area (Å²) in [6.45, 7) is 1.90. The lowest BCUT2D eigenvalue weighted by atomic mass is 9.76. The molecular formula is C22H24F2N4OS. The van der Waals surface area contributed by atoms with Crippen molar-refractivity contribution in [2.75, 3.05) is 5.32 Å². The predicted molar refractivity (Wildman–Crippen MR) is 116 cm³/mol. The number of nitrogens with zero attached hydrogens (tertiary/aromatic N) is 2. The van der Waals surface area contributed by atoms with E-state index in [0.717, 1.165) is 31.9 Å². The molecule has 4 rings (SSSR count). The quantitative estimate of drug-likeness (QED) is 0.720. The summed E-state index contributed by atoms with van der Waals surface area (Å²) in [5.74, 6) is -1.40. The fourth-order valence-corrected chi connectivity index (χ4v) is 6.08. The molecule has 1 amide bonds. The number of rotatable bonds is 3. The monoisotopic (exact) mass is 430 g/mol. The van der Waals surface area contributed by atoms with Crippen molar-refractivity contribution in [1.82, 2.24) is 4.98 Å². The van der Waals surface area contributed by atoms with Crippen LogP contribution in [0.3, 0.4) is 0 Å². The molecule has 0 radical (unpaired) electrons. The Bertz CT molecular complexity index is 989. The first kappa shape index (κ1) is 20.8. The first-order valence-electron chi connectivity index (χ1n) is 10.1. The Morgan fingerprint density at radius 2 is 1.93 bits per heavy atom. The fourth-order valence-electron chi connectivity index (χ4n) is 4.54. The van der Waals surface area contributed by atoms with E-state index in [2.05, 4.69) is 15.3 Å². The zero-order valence-corrected chi connectivity index (χ0v) is 17.6. The van der Waals surface area contributed by atoms with Gasteiger partial charge in [-0.25, -0.2) is 13.8 Å². The molecule has 0 bridgehead atoms. The lowest BCUT2D eigenvalue weighted by Gasteiger charge is -2.45. The van der Waals surface area contributed by atoms with Crippen LogP contribution in [-0.4, -0.2) is 20.8 Å². The number of thioether (sulfide) groups is 1. The number of benzene rings is 1. The normalized spacial score (nSPS) is 23.1. The highest BCUT2D eigenvalue weighted by atomic mass is 32.2. The Morgan fingerprint density at radius 1 is 1.17 bits per heavy atom. The summed E-state index contributed by atoms with van der Waals surface area (Å²) >= 11 is 1.62. The number of hydrogen-bond acceptors (Lipinski definition) is 5. The van der Waals surface area contributed by atoms with Crippen LogP contribution in [0.4, 0.5) is 14.5 Å². The molecule has 5 nitrogen and oxygen atoms in total. The summed E-state index contributed by atoms with van der Waals surface area (Å²) in [6.07, 6.45) is 7.24. The van der Waals surface area contributed by atoms with Crippen molar-refractivity contribution in [3.05, 3.63) is 59.4 Å². The molecule has 8 heteroatoms. The van der Waals surface area contributed by atoms with Gasteiger partial charge in [-0.2, -0.15) is 0 Å². The average Bonchev–Trinajstić information content (AvgIpc) is 2.69. The van der Waals surface area contributed by atoms with Gasteiger partial charge in [0, 0.05) is 16.0 Å². The minimum atomic E-state index is -0.814. The molecule has 0 saturated heterocycles. The molecule has 1 unspecified atom stereocenters. The van der Waals surface area contributed by atoms with E-state index in [1.165, 1.54) is 30.7 Å². The topological polar surface area (TPSA) is 80.4 Å². The average molecular weight is 431 g/mol. The number of carbonyl (C=O) groups is 1. The van der Waals surface area contributed by atoms with E-state index in [-0.39, 0.29) is 16.3 Å². The van der Waals surface area contributed by atoms with Crippen LogP contribution in [0.15, 0.2) is 41.5 Å². The standard InChI is InChI=1S/C22H24F2N4OS/c1-21(13-22(30-20(25)28-21)9-3-2-4-10-22)16-11-15(6-7-17(16)24)27-19(29)18-8-5-14(23)12-26-18/h5-8,11-12H,2-4,9-10,13H2,1H3,(H2,25,28)(H,27,29). The van der Waals surface area contributed by atoms with Gasteiger partial charge >= 0.3 is 0 Å². The van der Waals surface area contributed by atoms with Gasteiger partial charge in [0.15, 0.2) is 5.17 Å². The van der Waals surface area contributed by atoms with Crippen LogP contribution in [0.25, 0.3) is 0 Å². The smallest absolute Gasteiger partial charge is 0.274 e. The van der Waals surface area contributed by atoms with Crippen molar-refractivity contribution < 1.29 is 13.6 Å². The van der Waals surface area contributed by atoms with Gasteiger partial charge < -0.3 is 11.1 Å². The number of amides is 1. The molecule has 2 aliphatic rings. The molecule has 1 aromatic carbocycles. The number of amidine groups is 1. The number of aliphatic imine (C=N–C) groups is 1. The van der Waals surface area contributed by atoms with Crippen LogP contribution < -0.4 is 11.1 Å². The molecule has 1 fully saturated rings. The maximum atomic E-state index is 14.9. The summed E-state index contributed by atoms with van der Waals surface area (Å²) in [7, 11) is 0. The molecule has 1 aliphatic heterocycles. The van der Waals surface area contributed by atoms with Gasteiger partial charge in [0.1, 0.15) is 17.3 Å². The maximum absolute atomic E-state index is 14.9. The zero-order valence-electron chi connectivity index (χ0n) is 16.8. The van der Waals surface area contributed by atoms with Crippen LogP contribution in [-0.2, 0) is 5.54 Å². The number of pyridine rings is 1. The number of nitrogens with one attached hydrogen (secondary N) is 1. The molecule has 30 heavy (non-hydrogen) atoms. The van der Waals surface area contributed by atoms with Crippen molar-refractivity contribution in [3.8, 4) is 0 Å². The summed E-state index contributed by atoms with van der Waals surface area (Å²) in [6, 6.07) is 6.90. The SMILES string of the molecule is CC1(c2cc(NC(=O)c3ccc(F)cn3)ccc2F)CC2(CCCCC2)SC(N)=N1. The molecular weight excluding hydrogens is 406 g/mol. The number of halogens is 2. The molecule has 1 atom stereocenters. The third-order valence-electron chi connectivity index (χ3n) is 5.87. The number of hydrogen-bond donors (Lipinski definition) is 2. The molecule has 158 valence electrons. The number of carbonyl (C=O) groups excluding carboxylic acids is 1. The first-order chi connectivity index (χ1) is 14.3. The lowest BCUT2D eigenvalue weighted by molar-refractivity contribution is 0.102. The molecule has 1 aromatic heterocycles. The van der Waals surface area contributed by atoms with Crippen LogP contribution in [0.2, 0.25) is 0 Å². The van der Waals surface area contributed by atoms with Crippen molar-refractivity contribution in [2.45, 2.75) is 55.7 Å². The highest BCUT2D eigenvalue weighted by molar-refractivity contribution is 8.15. The highest BCUT2D eigenvalue weighted by Crippen LogP contribution is 2.52. The summed E-state index contributed by atoms with van der Waals surface area (Å²) in [5.41, 5.74) is 6.28. The van der Waals surface area contributed by atoms with Crippen LogP contribution in [0, 0.1) is 11.6 Å². The van der Waals surface area contributed by atoms with Gasteiger partial charge in [0.2, 0.25) is 0 Å². The van der Waals surface area contributed by atoms with Gasteiger partial charge in [-0.15, -0.1) is 0 Å². The summed E-state index contributed by atoms with van der Waals surface area (Å²) in [4.78, 5) is 20.8. The van der Waals surface area contributed by atoms with Crippen LogP contribution >= 0.6 is 11.8 Å². The minimum absolute atomic E-state index is 0.0252. The minimum Gasteiger partial charge on any atom is -0.378 e. The van der Waals surface area contributed by atoms with E-state index in [4.69, 9.17) is 5.73 Å². The van der Waals surface area contributed by atoms with Gasteiger partial charge in [0.25, 0.3) is 5.91 Å². The number of anilines is 1. The Labute approximate surface area is 178 Å². The predicted octanol–water partition coefficient (Wildman–Crippen LogP) is 4.98. The van der Waals surface area contributed by atoms with Crippen molar-refractivity contribution >= 4 is 28.5 Å². The van der Waals surface area contributed by atoms with E-state index in [1.807, 2.05) is 6.92 Å². The van der Waals surface area contributed by atoms with Crippen molar-refractivity contribution in [2.24, 2.45) is 10.7 Å². The van der Waals surface area contributed by atoms with E-state index in [1.54, 1.807) is 17.8 Å². The largest absolute Gasteiger partial charge is 0.378 e. The van der Waals surface area contributed by atoms with E-state index < -0.39 is 17.3 Å². The van der Waals surface area contributed by atoms with E-state index in [9.17, 15) is 13.6 Å². The highest BCUT2D eigenvalue weighted by Gasteiger charge is 2.46. The number of aromatic nitrogens is 1. The molecule has 3 N–H and O–H groups in total. The van der Waals surface area contributed by atoms with Gasteiger partial charge in [-0.3, -0.25) is 9.79 Å². The Morgan fingerprint density at radius 3 is 2.63 bits per heavy atom. The molecule has 1 aliphatic carbocycles. The Kier molecular flexibility index (Phi) is 5.53. The van der Waals surface area contributed by atoms with Crippen molar-refractivity contribution in [3.63, 3.8) is 0 Å². The van der Waals surface area contributed by atoms with Gasteiger partial charge in [0.05, 0.1) is 11.7 Å². The van der Waals surface area contributed by atoms with E-state index >= 15 is 0 Å². The number of nitrogens with two attached hydrogens (primary N) is 1. The second-order valence-corrected chi connectivity index (χ2v) is 9.75. The third-order valence-corrected chi connectivity index (χ3v) is 7.16. The second kappa shape index (κ2) is 7.98. The van der Waals surface area contributed by atoms with Crippen LogP contribution in [0.5, 0.6) is 0 Å². The molecule has 2 heterocycles. The fraction of sp³-hybridized carbons (Fsp3) is 0.409. The van der Waals surface area contributed by atoms with Crippen molar-refractivity contribution in [1.29, 1.82) is 0 Å². The van der Waals surface area contributed by atoms with Gasteiger partial charge in [-0.05, 0) is 56.5 Å². The zero-order chi connectivity index (χ0) is 21.4. The molecule has 1 saturated carbocycles. The summed E-state index contributed by atoms with van der Waals surface area (Å²) in [5, 5.41) is 3.19. The maximum Gasteiger partial charge on any atom is 0.274 e. The lowest BCUT2D eigenvalue weighted by Crippen LogP contribution is -2.43. The van der Waals surface area contributed by atoms with Crippen LogP contribution in [0.1, 0.15) is 61.5 Å². The molecule has 1 spiro atoms. The second-order valence-electron chi connectivity index (χ2n) is 8.26. The Hall–Kier alpha value is -2.48. The van der Waals surface area contributed by atoms with Gasteiger partial charge in [-0.1, -0.05) is 31.0 Å². The first-order valence-corrected chi connectivity index (χ1v) is 10.9. The molecule has 2 aromatic rings. The third kappa shape index (κ3) is 4.19. The van der Waals surface area contributed by atoms with E-state index in [0.29, 0.717) is 22.8 Å².